The summed E-state index contributed by atoms with van der Waals surface area (Å²) in [4.78, 5) is 0. The highest BCUT2D eigenvalue weighted by molar-refractivity contribution is 6.01. The molecule has 0 amide bonds. The Kier molecular flexibility index (Phi) is 2.63. The van der Waals surface area contributed by atoms with E-state index in [1.165, 1.54) is 0 Å². The SMILES string of the molecule is NC/C(=N\O)c1ccccc1. The third kappa shape index (κ3) is 1.78. The molecule has 0 saturated carbocycles. The average Bonchev–Trinajstić information content (AvgIpc) is 2.09. The first-order chi connectivity index (χ1) is 5.38. The molecule has 3 N–H and O–H groups in total. The molecule has 0 bridgehead atoms. The van der Waals surface area contributed by atoms with Crippen molar-refractivity contribution in [1.29, 1.82) is 0 Å². The first-order valence-electron chi connectivity index (χ1n) is 3.35. The van der Waals surface area contributed by atoms with Gasteiger partial charge in [-0.25, -0.2) is 0 Å². The van der Waals surface area contributed by atoms with Gasteiger partial charge in [0.05, 0.1) is 0 Å². The minimum atomic E-state index is 0.251. The molecule has 0 heterocycles. The number of nitrogens with zero attached hydrogens (tertiary/aromatic N) is 1. The first kappa shape index (κ1) is 7.75. The van der Waals surface area contributed by atoms with Gasteiger partial charge in [0.2, 0.25) is 0 Å². The Hall–Kier alpha value is -1.35. The van der Waals surface area contributed by atoms with Crippen molar-refractivity contribution in [1.82, 2.24) is 0 Å². The van der Waals surface area contributed by atoms with Gasteiger partial charge in [-0.3, -0.25) is 0 Å². The van der Waals surface area contributed by atoms with Gasteiger partial charge in [-0.15, -0.1) is 0 Å². The van der Waals surface area contributed by atoms with Crippen LogP contribution in [-0.4, -0.2) is 17.5 Å². The summed E-state index contributed by atoms with van der Waals surface area (Å²) < 4.78 is 0. The maximum atomic E-state index is 8.49. The van der Waals surface area contributed by atoms with Crippen molar-refractivity contribution in [3.8, 4) is 0 Å². The van der Waals surface area contributed by atoms with Crippen LogP contribution in [0.2, 0.25) is 0 Å². The monoisotopic (exact) mass is 150 g/mol. The minimum Gasteiger partial charge on any atom is -0.411 e. The third-order valence-corrected chi connectivity index (χ3v) is 1.42. The lowest BCUT2D eigenvalue weighted by Crippen LogP contribution is -2.14. The molecule has 0 aliphatic carbocycles. The van der Waals surface area contributed by atoms with E-state index in [2.05, 4.69) is 5.16 Å². The van der Waals surface area contributed by atoms with E-state index in [1.807, 2.05) is 30.3 Å². The maximum absolute atomic E-state index is 8.49. The van der Waals surface area contributed by atoms with Gasteiger partial charge in [0.25, 0.3) is 0 Å². The van der Waals surface area contributed by atoms with Crippen LogP contribution in [0.4, 0.5) is 0 Å². The summed E-state index contributed by atoms with van der Waals surface area (Å²) >= 11 is 0. The molecule has 0 spiro atoms. The Morgan fingerprint density at radius 3 is 2.45 bits per heavy atom. The Balaban J connectivity index is 2.92. The van der Waals surface area contributed by atoms with E-state index in [4.69, 9.17) is 10.9 Å². The van der Waals surface area contributed by atoms with Crippen LogP contribution in [0.15, 0.2) is 35.5 Å². The van der Waals surface area contributed by atoms with E-state index in [0.717, 1.165) is 5.56 Å². The minimum absolute atomic E-state index is 0.251. The van der Waals surface area contributed by atoms with Crippen molar-refractivity contribution in [2.75, 3.05) is 6.54 Å². The molecule has 1 aromatic carbocycles. The largest absolute Gasteiger partial charge is 0.411 e. The van der Waals surface area contributed by atoms with Crippen molar-refractivity contribution in [3.05, 3.63) is 35.9 Å². The zero-order valence-electron chi connectivity index (χ0n) is 6.07. The number of rotatable bonds is 2. The molecule has 0 aliphatic heterocycles. The van der Waals surface area contributed by atoms with Crippen LogP contribution in [0.1, 0.15) is 5.56 Å². The van der Waals surface area contributed by atoms with Crippen LogP contribution in [0.25, 0.3) is 0 Å². The third-order valence-electron chi connectivity index (χ3n) is 1.42. The molecule has 0 atom stereocenters. The van der Waals surface area contributed by atoms with Gasteiger partial charge in [0.1, 0.15) is 5.71 Å². The van der Waals surface area contributed by atoms with Crippen molar-refractivity contribution in [3.63, 3.8) is 0 Å². The van der Waals surface area contributed by atoms with E-state index in [9.17, 15) is 0 Å². The first-order valence-corrected chi connectivity index (χ1v) is 3.35. The summed E-state index contributed by atoms with van der Waals surface area (Å²) in [5, 5.41) is 11.6. The molecular formula is C8H10N2O. The molecule has 1 rings (SSSR count). The van der Waals surface area contributed by atoms with E-state index < -0.39 is 0 Å². The fraction of sp³-hybridized carbons (Fsp3) is 0.125. The van der Waals surface area contributed by atoms with Gasteiger partial charge in [0.15, 0.2) is 0 Å². The quantitative estimate of drug-likeness (QED) is 0.372. The lowest BCUT2D eigenvalue weighted by atomic mass is 10.1. The summed E-state index contributed by atoms with van der Waals surface area (Å²) in [7, 11) is 0. The zero-order chi connectivity index (χ0) is 8.10. The second-order valence-corrected chi connectivity index (χ2v) is 2.12. The molecule has 3 nitrogen and oxygen atoms in total. The number of oxime groups is 1. The van der Waals surface area contributed by atoms with Crippen molar-refractivity contribution in [2.24, 2.45) is 10.9 Å². The predicted molar refractivity (Wildman–Crippen MR) is 43.8 cm³/mol. The van der Waals surface area contributed by atoms with Gasteiger partial charge in [-0.1, -0.05) is 35.5 Å². The summed E-state index contributed by atoms with van der Waals surface area (Å²) in [6.45, 7) is 0.251. The summed E-state index contributed by atoms with van der Waals surface area (Å²) in [5.74, 6) is 0. The fourth-order valence-corrected chi connectivity index (χ4v) is 0.847. The number of hydrogen-bond acceptors (Lipinski definition) is 3. The molecule has 0 aliphatic rings. The molecule has 0 radical (unpaired) electrons. The summed E-state index contributed by atoms with van der Waals surface area (Å²) in [5.41, 5.74) is 6.69. The van der Waals surface area contributed by atoms with Gasteiger partial charge in [-0.2, -0.15) is 0 Å². The Morgan fingerprint density at radius 1 is 1.36 bits per heavy atom. The van der Waals surface area contributed by atoms with Crippen molar-refractivity contribution in [2.45, 2.75) is 0 Å². The van der Waals surface area contributed by atoms with Crippen molar-refractivity contribution >= 4 is 5.71 Å². The second kappa shape index (κ2) is 3.73. The molecule has 3 heteroatoms. The summed E-state index contributed by atoms with van der Waals surface area (Å²) in [6, 6.07) is 9.34. The zero-order valence-corrected chi connectivity index (χ0v) is 6.07. The second-order valence-electron chi connectivity index (χ2n) is 2.12. The van der Waals surface area contributed by atoms with E-state index >= 15 is 0 Å². The van der Waals surface area contributed by atoms with Gasteiger partial charge >= 0.3 is 0 Å². The van der Waals surface area contributed by atoms with Crippen LogP contribution >= 0.6 is 0 Å². The van der Waals surface area contributed by atoms with Crippen molar-refractivity contribution < 1.29 is 5.21 Å². The molecule has 0 unspecified atom stereocenters. The van der Waals surface area contributed by atoms with E-state index in [-0.39, 0.29) is 6.54 Å². The van der Waals surface area contributed by atoms with Crippen LogP contribution < -0.4 is 5.73 Å². The molecule has 0 saturated heterocycles. The van der Waals surface area contributed by atoms with Crippen LogP contribution in [0.3, 0.4) is 0 Å². The summed E-state index contributed by atoms with van der Waals surface area (Å²) in [6.07, 6.45) is 0. The van der Waals surface area contributed by atoms with Gasteiger partial charge in [-0.05, 0) is 0 Å². The lowest BCUT2D eigenvalue weighted by Gasteiger charge is -1.98. The molecule has 58 valence electrons. The fourth-order valence-electron chi connectivity index (χ4n) is 0.847. The standard InChI is InChI=1S/C8H10N2O/c9-6-8(10-11)7-4-2-1-3-5-7/h1-5,11H,6,9H2/b10-8+. The van der Waals surface area contributed by atoms with Crippen LogP contribution in [-0.2, 0) is 0 Å². The Labute approximate surface area is 65.1 Å². The molecule has 11 heavy (non-hydrogen) atoms. The highest BCUT2D eigenvalue weighted by atomic mass is 16.4. The maximum Gasteiger partial charge on any atom is 0.100 e. The normalized spacial score (nSPS) is 11.5. The number of nitrogens with two attached hydrogens (primary N) is 1. The molecule has 0 fully saturated rings. The highest BCUT2D eigenvalue weighted by Crippen LogP contribution is 1.99. The van der Waals surface area contributed by atoms with E-state index in [0.29, 0.717) is 5.71 Å². The smallest absolute Gasteiger partial charge is 0.100 e. The number of hydrogen-bond donors (Lipinski definition) is 2. The Morgan fingerprint density at radius 2 is 2.00 bits per heavy atom. The van der Waals surface area contributed by atoms with Crippen LogP contribution in [0, 0.1) is 0 Å². The van der Waals surface area contributed by atoms with E-state index in [1.54, 1.807) is 0 Å². The van der Waals surface area contributed by atoms with Crippen LogP contribution in [0.5, 0.6) is 0 Å². The average molecular weight is 150 g/mol. The molecular weight excluding hydrogens is 140 g/mol. The van der Waals surface area contributed by atoms with Gasteiger partial charge in [0, 0.05) is 12.1 Å². The lowest BCUT2D eigenvalue weighted by molar-refractivity contribution is 0.318. The Bertz CT molecular complexity index is 244. The van der Waals surface area contributed by atoms with Gasteiger partial charge < -0.3 is 10.9 Å². The molecule has 1 aromatic rings. The number of benzene rings is 1. The topological polar surface area (TPSA) is 58.6 Å². The highest BCUT2D eigenvalue weighted by Gasteiger charge is 1.98. The predicted octanol–water partition coefficient (Wildman–Crippen LogP) is 0.824. The molecule has 0 aromatic heterocycles.